The molecule has 0 spiro atoms. The van der Waals surface area contributed by atoms with E-state index >= 15 is 0 Å². The molecule has 0 saturated heterocycles. The van der Waals surface area contributed by atoms with E-state index in [1.807, 2.05) is 0 Å². The van der Waals surface area contributed by atoms with E-state index in [1.54, 1.807) is 0 Å². The average Bonchev–Trinajstić information content (AvgIpc) is 3.08. The first kappa shape index (κ1) is 25.0. The summed E-state index contributed by atoms with van der Waals surface area (Å²) in [6, 6.07) is 3.07. The number of aliphatic hydroxyl groups is 2. The molecule has 0 amide bonds. The van der Waals surface area contributed by atoms with E-state index in [0.29, 0.717) is 43.8 Å². The van der Waals surface area contributed by atoms with Gasteiger partial charge in [0.1, 0.15) is 23.0 Å². The molecule has 0 aromatic heterocycles. The topological polar surface area (TPSA) is 152 Å². The second-order valence-electron chi connectivity index (χ2n) is 9.98. The van der Waals surface area contributed by atoms with Crippen LogP contribution in [-0.4, -0.2) is 53.6 Å². The van der Waals surface area contributed by atoms with Crippen LogP contribution >= 0.6 is 0 Å². The predicted molar refractivity (Wildman–Crippen MR) is 145 cm³/mol. The number of aliphatic hydroxyl groups excluding tert-OH is 2. The lowest BCUT2D eigenvalue weighted by atomic mass is 9.82. The zero-order valence-electron chi connectivity index (χ0n) is 21.7. The summed E-state index contributed by atoms with van der Waals surface area (Å²) in [4.78, 5) is 27.3. The highest BCUT2D eigenvalue weighted by Crippen LogP contribution is 2.54. The molecule has 0 saturated carbocycles. The molecule has 0 fully saturated rings. The van der Waals surface area contributed by atoms with Crippen LogP contribution in [0.15, 0.2) is 21.7 Å². The molecule has 0 aliphatic carbocycles. The van der Waals surface area contributed by atoms with Crippen LogP contribution < -0.4 is 29.8 Å². The molecule has 1 aliphatic rings. The fourth-order valence-corrected chi connectivity index (χ4v) is 6.01. The van der Waals surface area contributed by atoms with Gasteiger partial charge in [-0.1, -0.05) is 0 Å². The maximum atomic E-state index is 13.7. The van der Waals surface area contributed by atoms with Crippen molar-refractivity contribution in [2.24, 2.45) is 0 Å². The van der Waals surface area contributed by atoms with Gasteiger partial charge in [0.2, 0.25) is 17.7 Å². The normalized spacial score (nSPS) is 14.6. The summed E-state index contributed by atoms with van der Waals surface area (Å²) < 4.78 is 23.0. The SMILES string of the molecule is COc1cc2c3c4c(cc(OC)c5c(=O)c(O)c(CC(C)O)c(c6c(CC(C)O)c(O)c(=O)c1c36)c54)OCO2. The molecule has 1 aliphatic heterocycles. The van der Waals surface area contributed by atoms with Crippen molar-refractivity contribution in [2.75, 3.05) is 21.0 Å². The molecule has 5 aromatic rings. The number of fused-ring (bicyclic) bond motifs is 1. The maximum Gasteiger partial charge on any atom is 0.231 e. The first-order valence-electron chi connectivity index (χ1n) is 12.4. The van der Waals surface area contributed by atoms with E-state index in [2.05, 4.69) is 0 Å². The number of benzene rings is 5. The smallest absolute Gasteiger partial charge is 0.231 e. The van der Waals surface area contributed by atoms with Gasteiger partial charge in [0.25, 0.3) is 0 Å². The number of aromatic hydroxyl groups is 2. The van der Waals surface area contributed by atoms with Crippen molar-refractivity contribution < 1.29 is 39.4 Å². The lowest BCUT2D eigenvalue weighted by Gasteiger charge is -2.23. The van der Waals surface area contributed by atoms with Gasteiger partial charge in [-0.25, -0.2) is 0 Å². The zero-order chi connectivity index (χ0) is 27.9. The van der Waals surface area contributed by atoms with E-state index in [0.717, 1.165) is 0 Å². The monoisotopic (exact) mass is 534 g/mol. The van der Waals surface area contributed by atoms with Gasteiger partial charge in [0, 0.05) is 57.6 Å². The second-order valence-corrected chi connectivity index (χ2v) is 9.98. The minimum Gasteiger partial charge on any atom is -0.504 e. The summed E-state index contributed by atoms with van der Waals surface area (Å²) >= 11 is 0. The first-order valence-corrected chi connectivity index (χ1v) is 12.4. The molecular formula is C29H26O10. The molecule has 10 nitrogen and oxygen atoms in total. The predicted octanol–water partition coefficient (Wildman–Crippen LogP) is 2.90. The molecule has 2 unspecified atom stereocenters. The Morgan fingerprint density at radius 2 is 1.08 bits per heavy atom. The molecule has 39 heavy (non-hydrogen) atoms. The van der Waals surface area contributed by atoms with Gasteiger partial charge in [-0.15, -0.1) is 0 Å². The van der Waals surface area contributed by atoms with E-state index in [4.69, 9.17) is 18.9 Å². The number of rotatable bonds is 6. The Labute approximate surface area is 220 Å². The van der Waals surface area contributed by atoms with E-state index in [-0.39, 0.29) is 53.0 Å². The van der Waals surface area contributed by atoms with Crippen molar-refractivity contribution in [3.05, 3.63) is 43.7 Å². The highest BCUT2D eigenvalue weighted by molar-refractivity contribution is 6.38. The number of methoxy groups -OCH3 is 2. The molecule has 10 heteroatoms. The minimum atomic E-state index is -0.960. The third-order valence-electron chi connectivity index (χ3n) is 7.44. The van der Waals surface area contributed by atoms with Crippen LogP contribution in [0.3, 0.4) is 0 Å². The van der Waals surface area contributed by atoms with Gasteiger partial charge in [-0.05, 0) is 24.6 Å². The third kappa shape index (κ3) is 3.28. The quantitative estimate of drug-likeness (QED) is 0.189. The van der Waals surface area contributed by atoms with Gasteiger partial charge >= 0.3 is 0 Å². The first-order chi connectivity index (χ1) is 18.6. The fourth-order valence-electron chi connectivity index (χ4n) is 6.01. The largest absolute Gasteiger partial charge is 0.504 e. The number of phenols is 2. The molecule has 0 bridgehead atoms. The van der Waals surface area contributed by atoms with Gasteiger partial charge in [0.05, 0.1) is 37.2 Å². The second kappa shape index (κ2) is 8.62. The van der Waals surface area contributed by atoms with Crippen molar-refractivity contribution in [1.82, 2.24) is 0 Å². The molecule has 5 aromatic carbocycles. The Kier molecular flexibility index (Phi) is 5.53. The van der Waals surface area contributed by atoms with Gasteiger partial charge in [0.15, 0.2) is 11.5 Å². The van der Waals surface area contributed by atoms with Crippen LogP contribution in [-0.2, 0) is 12.8 Å². The summed E-state index contributed by atoms with van der Waals surface area (Å²) in [6.45, 7) is 2.85. The van der Waals surface area contributed by atoms with Crippen LogP contribution in [0.2, 0.25) is 0 Å². The van der Waals surface area contributed by atoms with Crippen LogP contribution in [0.4, 0.5) is 0 Å². The molecule has 4 N–H and O–H groups in total. The van der Waals surface area contributed by atoms with Crippen LogP contribution in [0, 0.1) is 0 Å². The lowest BCUT2D eigenvalue weighted by Crippen LogP contribution is -2.15. The number of ether oxygens (including phenoxy) is 4. The number of hydrogen-bond donors (Lipinski definition) is 4. The van der Waals surface area contributed by atoms with Gasteiger partial charge in [-0.3, -0.25) is 9.59 Å². The van der Waals surface area contributed by atoms with E-state index < -0.39 is 34.6 Å². The molecule has 2 atom stereocenters. The molecule has 0 radical (unpaired) electrons. The molecular weight excluding hydrogens is 508 g/mol. The van der Waals surface area contributed by atoms with Crippen molar-refractivity contribution in [1.29, 1.82) is 0 Å². The van der Waals surface area contributed by atoms with Crippen LogP contribution in [0.5, 0.6) is 34.5 Å². The minimum absolute atomic E-state index is 0.0675. The zero-order valence-corrected chi connectivity index (χ0v) is 21.7. The summed E-state index contributed by atoms with van der Waals surface area (Å²) in [7, 11) is 2.78. The number of hydrogen-bond acceptors (Lipinski definition) is 10. The van der Waals surface area contributed by atoms with Crippen LogP contribution in [0.25, 0.3) is 43.1 Å². The van der Waals surface area contributed by atoms with E-state index in [9.17, 15) is 30.0 Å². The Morgan fingerprint density at radius 3 is 1.41 bits per heavy atom. The lowest BCUT2D eigenvalue weighted by molar-refractivity contribution is 0.125. The van der Waals surface area contributed by atoms with Gasteiger partial charge < -0.3 is 39.4 Å². The molecule has 1 heterocycles. The highest BCUT2D eigenvalue weighted by atomic mass is 16.7. The maximum absolute atomic E-state index is 13.7. The Bertz CT molecular complexity index is 1790. The van der Waals surface area contributed by atoms with Gasteiger partial charge in [-0.2, -0.15) is 0 Å². The van der Waals surface area contributed by atoms with E-state index in [1.165, 1.54) is 40.2 Å². The third-order valence-corrected chi connectivity index (χ3v) is 7.44. The molecule has 6 rings (SSSR count). The Morgan fingerprint density at radius 1 is 0.692 bits per heavy atom. The highest BCUT2D eigenvalue weighted by Gasteiger charge is 2.33. The average molecular weight is 535 g/mol. The fraction of sp³-hybridized carbons (Fsp3) is 0.310. The Hall–Kier alpha value is -4.28. The van der Waals surface area contributed by atoms with Crippen molar-refractivity contribution in [2.45, 2.75) is 38.9 Å². The molecule has 202 valence electrons. The summed E-state index contributed by atoms with van der Waals surface area (Å²) in [5.74, 6) is -0.240. The van der Waals surface area contributed by atoms with Crippen molar-refractivity contribution in [3.63, 3.8) is 0 Å². The summed E-state index contributed by atoms with van der Waals surface area (Å²) in [5.41, 5.74) is -1.15. The van der Waals surface area contributed by atoms with Crippen LogP contribution in [0.1, 0.15) is 25.0 Å². The Balaban J connectivity index is 2.12. The van der Waals surface area contributed by atoms with Crippen molar-refractivity contribution >= 4 is 43.1 Å². The van der Waals surface area contributed by atoms with Crippen molar-refractivity contribution in [3.8, 4) is 34.5 Å². The number of phenolic OH excluding ortho intramolecular Hbond substituents is 2. The standard InChI is InChI=1S/C29H26O10/c1-10(30)5-12-18-19-13(6-11(2)31)27(33)29(35)23-15(37-4)8-17-21(25(19)23)20-16(38-9-39-17)7-14(36-3)22(24(18)20)28(34)26(12)32/h7-8,10-11,30-33H,5-6,9H2,1-4H3. The summed E-state index contributed by atoms with van der Waals surface area (Å²) in [5, 5.41) is 45.7. The summed E-state index contributed by atoms with van der Waals surface area (Å²) in [6.07, 6.45) is -2.15.